The van der Waals surface area contributed by atoms with Gasteiger partial charge in [-0.3, -0.25) is 4.98 Å². The number of hydrogen-bond donors (Lipinski definition) is 1. The van der Waals surface area contributed by atoms with Crippen molar-refractivity contribution in [3.05, 3.63) is 54.4 Å². The van der Waals surface area contributed by atoms with Gasteiger partial charge < -0.3 is 10.1 Å². The van der Waals surface area contributed by atoms with Gasteiger partial charge in [0.25, 0.3) is 0 Å². The summed E-state index contributed by atoms with van der Waals surface area (Å²) in [5.41, 5.74) is 1.44. The van der Waals surface area contributed by atoms with Gasteiger partial charge in [0.15, 0.2) is 6.61 Å². The third-order valence-corrected chi connectivity index (χ3v) is 2.48. The van der Waals surface area contributed by atoms with E-state index >= 15 is 0 Å². The molecule has 0 fully saturated rings. The molecule has 3 nitrogen and oxygen atoms in total. The van der Waals surface area contributed by atoms with Crippen molar-refractivity contribution in [2.45, 2.75) is 12.7 Å². The summed E-state index contributed by atoms with van der Waals surface area (Å²) in [7, 11) is 0. The van der Waals surface area contributed by atoms with Crippen LogP contribution in [0.3, 0.4) is 0 Å². The number of aromatic nitrogens is 1. The van der Waals surface area contributed by atoms with Gasteiger partial charge in [0.1, 0.15) is 5.75 Å². The molecule has 2 rings (SSSR count). The summed E-state index contributed by atoms with van der Waals surface area (Å²) in [5, 5.41) is 3.03. The molecule has 1 aromatic carbocycles. The van der Waals surface area contributed by atoms with Crippen LogP contribution in [0.1, 0.15) is 5.56 Å². The van der Waals surface area contributed by atoms with Crippen molar-refractivity contribution in [1.82, 2.24) is 4.98 Å². The SMILES string of the molecule is FC(F)(F)COc1ccccc1NCc1cccnc1. The zero-order chi connectivity index (χ0) is 14.4. The van der Waals surface area contributed by atoms with Crippen LogP contribution in [0.15, 0.2) is 48.8 Å². The van der Waals surface area contributed by atoms with E-state index in [1.807, 2.05) is 6.07 Å². The van der Waals surface area contributed by atoms with E-state index in [1.165, 1.54) is 6.07 Å². The lowest BCUT2D eigenvalue weighted by Gasteiger charge is -2.14. The minimum Gasteiger partial charge on any atom is -0.482 e. The van der Waals surface area contributed by atoms with E-state index < -0.39 is 12.8 Å². The topological polar surface area (TPSA) is 34.1 Å². The Balaban J connectivity index is 2.01. The van der Waals surface area contributed by atoms with Crippen LogP contribution in [0.4, 0.5) is 18.9 Å². The first-order valence-corrected chi connectivity index (χ1v) is 5.96. The van der Waals surface area contributed by atoms with Crippen molar-refractivity contribution in [3.8, 4) is 5.75 Å². The van der Waals surface area contributed by atoms with Crippen molar-refractivity contribution >= 4 is 5.69 Å². The van der Waals surface area contributed by atoms with Gasteiger partial charge in [0.05, 0.1) is 5.69 Å². The van der Waals surface area contributed by atoms with Crippen molar-refractivity contribution in [2.75, 3.05) is 11.9 Å². The van der Waals surface area contributed by atoms with E-state index in [9.17, 15) is 13.2 Å². The Hall–Kier alpha value is -2.24. The zero-order valence-corrected chi connectivity index (χ0v) is 10.5. The van der Waals surface area contributed by atoms with Gasteiger partial charge in [0, 0.05) is 18.9 Å². The van der Waals surface area contributed by atoms with Crippen LogP contribution in [0.25, 0.3) is 0 Å². The maximum Gasteiger partial charge on any atom is 0.422 e. The van der Waals surface area contributed by atoms with Crippen LogP contribution in [-0.2, 0) is 6.54 Å². The molecule has 0 radical (unpaired) electrons. The van der Waals surface area contributed by atoms with Gasteiger partial charge in [0.2, 0.25) is 0 Å². The Morgan fingerprint density at radius 1 is 1.10 bits per heavy atom. The summed E-state index contributed by atoms with van der Waals surface area (Å²) in [6, 6.07) is 10.2. The standard InChI is InChI=1S/C14H13F3N2O/c15-14(16,17)10-20-13-6-2-1-5-12(13)19-9-11-4-3-7-18-8-11/h1-8,19H,9-10H2. The second-order valence-corrected chi connectivity index (χ2v) is 4.11. The van der Waals surface area contributed by atoms with Crippen LogP contribution >= 0.6 is 0 Å². The van der Waals surface area contributed by atoms with Crippen LogP contribution in [-0.4, -0.2) is 17.8 Å². The van der Waals surface area contributed by atoms with E-state index in [2.05, 4.69) is 10.3 Å². The fraction of sp³-hybridized carbons (Fsp3) is 0.214. The average Bonchev–Trinajstić information content (AvgIpc) is 2.44. The van der Waals surface area contributed by atoms with Crippen molar-refractivity contribution in [3.63, 3.8) is 0 Å². The smallest absolute Gasteiger partial charge is 0.422 e. The molecule has 0 aliphatic rings. The summed E-state index contributed by atoms with van der Waals surface area (Å²) in [5.74, 6) is 0.175. The lowest BCUT2D eigenvalue weighted by molar-refractivity contribution is -0.153. The van der Waals surface area contributed by atoms with Crippen molar-refractivity contribution in [1.29, 1.82) is 0 Å². The quantitative estimate of drug-likeness (QED) is 0.909. The van der Waals surface area contributed by atoms with Gasteiger partial charge in [-0.2, -0.15) is 13.2 Å². The van der Waals surface area contributed by atoms with Gasteiger partial charge in [-0.15, -0.1) is 0 Å². The Labute approximate surface area is 114 Å². The van der Waals surface area contributed by atoms with E-state index in [1.54, 1.807) is 36.7 Å². The third kappa shape index (κ3) is 4.46. The molecule has 20 heavy (non-hydrogen) atoms. The molecule has 0 saturated heterocycles. The van der Waals surface area contributed by atoms with E-state index in [-0.39, 0.29) is 5.75 Å². The lowest BCUT2D eigenvalue weighted by atomic mass is 10.2. The molecule has 0 saturated carbocycles. The average molecular weight is 282 g/mol. The van der Waals surface area contributed by atoms with Crippen molar-refractivity contribution in [2.24, 2.45) is 0 Å². The minimum atomic E-state index is -4.35. The molecule has 1 heterocycles. The third-order valence-electron chi connectivity index (χ3n) is 2.48. The van der Waals surface area contributed by atoms with Crippen LogP contribution in [0, 0.1) is 0 Å². The monoisotopic (exact) mass is 282 g/mol. The molecule has 0 spiro atoms. The van der Waals surface area contributed by atoms with Gasteiger partial charge in [-0.05, 0) is 23.8 Å². The number of para-hydroxylation sites is 2. The molecule has 106 valence electrons. The Morgan fingerprint density at radius 3 is 2.60 bits per heavy atom. The van der Waals surface area contributed by atoms with Gasteiger partial charge >= 0.3 is 6.18 Å². The summed E-state index contributed by atoms with van der Waals surface area (Å²) >= 11 is 0. The van der Waals surface area contributed by atoms with E-state index in [0.29, 0.717) is 12.2 Å². The highest BCUT2D eigenvalue weighted by molar-refractivity contribution is 5.56. The second-order valence-electron chi connectivity index (χ2n) is 4.11. The first-order valence-electron chi connectivity index (χ1n) is 5.96. The number of anilines is 1. The molecule has 2 aromatic rings. The summed E-state index contributed by atoms with van der Waals surface area (Å²) in [6.07, 6.45) is -1.01. The number of hydrogen-bond acceptors (Lipinski definition) is 3. The molecule has 0 amide bonds. The predicted octanol–water partition coefficient (Wildman–Crippen LogP) is 3.63. The highest BCUT2D eigenvalue weighted by atomic mass is 19.4. The maximum atomic E-state index is 12.2. The summed E-state index contributed by atoms with van der Waals surface area (Å²) < 4.78 is 41.3. The number of ether oxygens (including phenoxy) is 1. The van der Waals surface area contributed by atoms with E-state index in [4.69, 9.17) is 4.74 Å². The number of alkyl halides is 3. The second kappa shape index (κ2) is 6.27. The highest BCUT2D eigenvalue weighted by Crippen LogP contribution is 2.26. The zero-order valence-electron chi connectivity index (χ0n) is 10.5. The Kier molecular flexibility index (Phi) is 4.45. The fourth-order valence-electron chi connectivity index (χ4n) is 1.60. The van der Waals surface area contributed by atoms with Crippen LogP contribution < -0.4 is 10.1 Å². The summed E-state index contributed by atoms with van der Waals surface area (Å²) in [6.45, 7) is -0.848. The minimum absolute atomic E-state index is 0.175. The fourth-order valence-corrected chi connectivity index (χ4v) is 1.60. The van der Waals surface area contributed by atoms with Crippen LogP contribution in [0.2, 0.25) is 0 Å². The number of halogens is 3. The van der Waals surface area contributed by atoms with Gasteiger partial charge in [-0.25, -0.2) is 0 Å². The molecule has 1 aromatic heterocycles. The van der Waals surface area contributed by atoms with Crippen LogP contribution in [0.5, 0.6) is 5.75 Å². The largest absolute Gasteiger partial charge is 0.482 e. The Morgan fingerprint density at radius 2 is 1.90 bits per heavy atom. The number of benzene rings is 1. The van der Waals surface area contributed by atoms with Gasteiger partial charge in [-0.1, -0.05) is 18.2 Å². The molecular weight excluding hydrogens is 269 g/mol. The first-order chi connectivity index (χ1) is 9.54. The lowest BCUT2D eigenvalue weighted by Crippen LogP contribution is -2.19. The Bertz CT molecular complexity index is 544. The normalized spacial score (nSPS) is 11.2. The molecule has 1 N–H and O–H groups in total. The molecule has 0 aliphatic heterocycles. The first kappa shape index (κ1) is 14.2. The number of nitrogens with one attached hydrogen (secondary N) is 1. The number of rotatable bonds is 5. The molecule has 0 bridgehead atoms. The number of pyridine rings is 1. The molecule has 6 heteroatoms. The molecule has 0 aliphatic carbocycles. The van der Waals surface area contributed by atoms with Crippen molar-refractivity contribution < 1.29 is 17.9 Å². The number of nitrogens with zero attached hydrogens (tertiary/aromatic N) is 1. The molecule has 0 atom stereocenters. The van der Waals surface area contributed by atoms with E-state index in [0.717, 1.165) is 5.56 Å². The highest BCUT2D eigenvalue weighted by Gasteiger charge is 2.28. The molecular formula is C14H13F3N2O. The molecule has 0 unspecified atom stereocenters. The predicted molar refractivity (Wildman–Crippen MR) is 69.6 cm³/mol. The maximum absolute atomic E-state index is 12.2. The summed E-state index contributed by atoms with van der Waals surface area (Å²) in [4.78, 5) is 3.97.